The van der Waals surface area contributed by atoms with Gasteiger partial charge in [0.25, 0.3) is 0 Å². The molecule has 1 aromatic rings. The molecule has 3 saturated heterocycles. The predicted molar refractivity (Wildman–Crippen MR) is 170 cm³/mol. The van der Waals surface area contributed by atoms with Gasteiger partial charge in [0, 0.05) is 46.0 Å². The van der Waals surface area contributed by atoms with E-state index in [9.17, 15) is 5.11 Å². The maximum absolute atomic E-state index is 10.3. The lowest BCUT2D eigenvalue weighted by Crippen LogP contribution is -2.40. The van der Waals surface area contributed by atoms with E-state index >= 15 is 0 Å². The minimum absolute atomic E-state index is 0.198. The van der Waals surface area contributed by atoms with Crippen molar-refractivity contribution in [2.75, 3.05) is 52.6 Å². The first-order valence-corrected chi connectivity index (χ1v) is 20.6. The fourth-order valence-electron chi connectivity index (χ4n) is 3.74. The minimum atomic E-state index is -0.198. The molecule has 1 aromatic carbocycles. The van der Waals surface area contributed by atoms with E-state index in [0.717, 1.165) is 38.8 Å². The van der Waals surface area contributed by atoms with Gasteiger partial charge in [-0.3, -0.25) is 0 Å². The Kier molecular flexibility index (Phi) is 14.3. The molecule has 0 radical (unpaired) electrons. The number of thioether (sulfide) groups is 8. The van der Waals surface area contributed by atoms with E-state index in [0.29, 0.717) is 10.7 Å². The lowest BCUT2D eigenvalue weighted by molar-refractivity contribution is 0.0187. The van der Waals surface area contributed by atoms with Crippen LogP contribution < -0.4 is 0 Å². The molecule has 3 aliphatic rings. The Morgan fingerprint density at radius 2 is 1.50 bits per heavy atom. The minimum Gasteiger partial charge on any atom is -0.391 e. The Hall–Kier alpha value is 1.94. The standard InChI is InChI=1S/C24H36O2S8/c25-20(16-27-6-4-22-29-8-9-30-22)17-28-14-18-2-1-3-19(12-18)15-34-21-13-26-24(21)33-7-5-23-31-10-11-32-23/h1-3,12,20-25H,4-11,13-17H2. The SMILES string of the molecule is OC(CSCCC1SCCS1)CSCc1cccc(CSC2COC2SCCC2SCCS2)c1. The van der Waals surface area contributed by atoms with Crippen molar-refractivity contribution in [1.82, 2.24) is 0 Å². The van der Waals surface area contributed by atoms with Gasteiger partial charge in [0.2, 0.25) is 0 Å². The average Bonchev–Trinajstić information content (AvgIpc) is 3.54. The Labute approximate surface area is 240 Å². The number of hydrogen-bond donors (Lipinski definition) is 1. The van der Waals surface area contributed by atoms with Gasteiger partial charge in [-0.05, 0) is 35.5 Å². The maximum Gasteiger partial charge on any atom is 0.117 e. The van der Waals surface area contributed by atoms with Crippen LogP contribution in [0.15, 0.2) is 24.3 Å². The van der Waals surface area contributed by atoms with Crippen molar-refractivity contribution in [3.63, 3.8) is 0 Å². The highest BCUT2D eigenvalue weighted by atomic mass is 32.2. The summed E-state index contributed by atoms with van der Waals surface area (Å²) in [5, 5.41) is 11.0. The zero-order valence-electron chi connectivity index (χ0n) is 19.5. The molecule has 3 aliphatic heterocycles. The number of aliphatic hydroxyl groups is 1. The van der Waals surface area contributed by atoms with Gasteiger partial charge in [-0.2, -0.15) is 23.5 Å². The molecule has 0 saturated carbocycles. The fourth-order valence-corrected chi connectivity index (χ4v) is 14.6. The maximum atomic E-state index is 10.3. The van der Waals surface area contributed by atoms with Crippen molar-refractivity contribution in [2.24, 2.45) is 0 Å². The summed E-state index contributed by atoms with van der Waals surface area (Å²) in [4.78, 5) is 0. The molecule has 34 heavy (non-hydrogen) atoms. The first kappa shape index (κ1) is 28.9. The van der Waals surface area contributed by atoms with Crippen molar-refractivity contribution in [1.29, 1.82) is 0 Å². The number of benzene rings is 1. The molecule has 0 spiro atoms. The summed E-state index contributed by atoms with van der Waals surface area (Å²) in [6, 6.07) is 9.03. The second-order valence-electron chi connectivity index (χ2n) is 8.41. The van der Waals surface area contributed by atoms with Gasteiger partial charge in [0.05, 0.1) is 27.1 Å². The summed E-state index contributed by atoms with van der Waals surface area (Å²) in [5.74, 6) is 11.4. The fraction of sp³-hybridized carbons (Fsp3) is 0.750. The predicted octanol–water partition coefficient (Wildman–Crippen LogP) is 7.10. The van der Waals surface area contributed by atoms with Gasteiger partial charge in [-0.25, -0.2) is 0 Å². The molecule has 3 atom stereocenters. The molecule has 0 bridgehead atoms. The van der Waals surface area contributed by atoms with Gasteiger partial charge < -0.3 is 9.84 Å². The van der Waals surface area contributed by atoms with Gasteiger partial charge in [0.15, 0.2) is 0 Å². The number of rotatable bonds is 16. The van der Waals surface area contributed by atoms with E-state index in [-0.39, 0.29) is 6.10 Å². The van der Waals surface area contributed by atoms with Crippen LogP contribution in [-0.2, 0) is 16.2 Å². The third-order valence-corrected chi connectivity index (χ3v) is 17.0. The lowest BCUT2D eigenvalue weighted by Gasteiger charge is -2.36. The van der Waals surface area contributed by atoms with Crippen LogP contribution in [0.5, 0.6) is 0 Å². The Bertz CT molecular complexity index is 699. The molecule has 3 unspecified atom stereocenters. The molecule has 3 heterocycles. The van der Waals surface area contributed by atoms with E-state index in [1.165, 1.54) is 58.5 Å². The average molecular weight is 613 g/mol. The topological polar surface area (TPSA) is 29.5 Å². The third-order valence-electron chi connectivity index (χ3n) is 5.59. The third kappa shape index (κ3) is 10.6. The van der Waals surface area contributed by atoms with E-state index in [2.05, 4.69) is 83.1 Å². The molecule has 10 heteroatoms. The second-order valence-corrected chi connectivity index (χ2v) is 18.9. The van der Waals surface area contributed by atoms with Crippen LogP contribution in [0.2, 0.25) is 0 Å². The summed E-state index contributed by atoms with van der Waals surface area (Å²) in [5.41, 5.74) is 3.17. The van der Waals surface area contributed by atoms with E-state index in [1.807, 2.05) is 35.3 Å². The van der Waals surface area contributed by atoms with Crippen molar-refractivity contribution >= 4 is 94.1 Å². The highest BCUT2D eigenvalue weighted by Gasteiger charge is 2.33. The molecular weight excluding hydrogens is 577 g/mol. The largest absolute Gasteiger partial charge is 0.391 e. The molecule has 2 nitrogen and oxygen atoms in total. The van der Waals surface area contributed by atoms with Gasteiger partial charge in [-0.1, -0.05) is 24.3 Å². The summed E-state index contributed by atoms with van der Waals surface area (Å²) in [6.07, 6.45) is 2.38. The number of hydrogen-bond acceptors (Lipinski definition) is 10. The first-order chi connectivity index (χ1) is 16.8. The van der Waals surface area contributed by atoms with E-state index in [1.54, 1.807) is 0 Å². The monoisotopic (exact) mass is 612 g/mol. The zero-order chi connectivity index (χ0) is 23.4. The number of ether oxygens (including phenoxy) is 1. The van der Waals surface area contributed by atoms with Crippen molar-refractivity contribution in [2.45, 2.75) is 50.3 Å². The number of aliphatic hydroxyl groups excluding tert-OH is 1. The molecule has 3 fully saturated rings. The molecule has 0 amide bonds. The van der Waals surface area contributed by atoms with Crippen LogP contribution >= 0.6 is 94.1 Å². The van der Waals surface area contributed by atoms with Gasteiger partial charge in [0.1, 0.15) is 5.44 Å². The molecule has 1 N–H and O–H groups in total. The van der Waals surface area contributed by atoms with Gasteiger partial charge in [-0.15, -0.1) is 70.6 Å². The zero-order valence-corrected chi connectivity index (χ0v) is 26.0. The van der Waals surface area contributed by atoms with Crippen molar-refractivity contribution in [3.05, 3.63) is 35.4 Å². The molecular formula is C24H36O2S8. The smallest absolute Gasteiger partial charge is 0.117 e. The summed E-state index contributed by atoms with van der Waals surface area (Å²) in [6.45, 7) is 0.902. The van der Waals surface area contributed by atoms with Crippen LogP contribution in [0.3, 0.4) is 0 Å². The normalized spacial score (nSPS) is 24.5. The van der Waals surface area contributed by atoms with Crippen LogP contribution in [0.25, 0.3) is 0 Å². The van der Waals surface area contributed by atoms with Gasteiger partial charge >= 0.3 is 0 Å². The summed E-state index contributed by atoms with van der Waals surface area (Å²) in [7, 11) is 0. The Morgan fingerprint density at radius 1 is 0.853 bits per heavy atom. The van der Waals surface area contributed by atoms with E-state index in [4.69, 9.17) is 4.74 Å². The highest BCUT2D eigenvalue weighted by molar-refractivity contribution is 8.20. The van der Waals surface area contributed by atoms with Crippen molar-refractivity contribution in [3.8, 4) is 0 Å². The van der Waals surface area contributed by atoms with Crippen LogP contribution in [-0.4, -0.2) is 83.7 Å². The van der Waals surface area contributed by atoms with Crippen LogP contribution in [0.1, 0.15) is 24.0 Å². The first-order valence-electron chi connectivity index (χ1n) is 12.0. The summed E-state index contributed by atoms with van der Waals surface area (Å²) >= 11 is 16.3. The van der Waals surface area contributed by atoms with Crippen LogP contribution in [0, 0.1) is 0 Å². The molecule has 0 aliphatic carbocycles. The van der Waals surface area contributed by atoms with Crippen molar-refractivity contribution < 1.29 is 9.84 Å². The second kappa shape index (κ2) is 16.8. The van der Waals surface area contributed by atoms with Crippen LogP contribution in [0.4, 0.5) is 0 Å². The molecule has 4 rings (SSSR count). The Morgan fingerprint density at radius 3 is 2.18 bits per heavy atom. The molecule has 0 aromatic heterocycles. The van der Waals surface area contributed by atoms with E-state index < -0.39 is 0 Å². The Balaban J connectivity index is 1.05. The lowest BCUT2D eigenvalue weighted by atomic mass is 10.2. The quantitative estimate of drug-likeness (QED) is 0.195. The molecule has 192 valence electrons. The summed E-state index contributed by atoms with van der Waals surface area (Å²) < 4.78 is 7.47. The highest BCUT2D eigenvalue weighted by Crippen LogP contribution is 2.39.